The number of ether oxygens (including phenoxy) is 2. The first-order valence-corrected chi connectivity index (χ1v) is 10.9. The van der Waals surface area contributed by atoms with Crippen molar-refractivity contribution in [3.8, 4) is 11.5 Å². The molecule has 29 heavy (non-hydrogen) atoms. The zero-order valence-corrected chi connectivity index (χ0v) is 17.9. The van der Waals surface area contributed by atoms with E-state index in [9.17, 15) is 4.79 Å². The summed E-state index contributed by atoms with van der Waals surface area (Å²) in [6.45, 7) is 4.39. The first-order chi connectivity index (χ1) is 14.1. The minimum atomic E-state index is 0.135. The van der Waals surface area contributed by atoms with Crippen molar-refractivity contribution in [2.24, 2.45) is 7.05 Å². The number of fused-ring (bicyclic) bond motifs is 1. The molecule has 6 nitrogen and oxygen atoms in total. The number of hydrogen-bond donors (Lipinski definition) is 0. The van der Waals surface area contributed by atoms with Gasteiger partial charge in [0.1, 0.15) is 5.69 Å². The van der Waals surface area contributed by atoms with Gasteiger partial charge in [-0.05, 0) is 69.8 Å². The van der Waals surface area contributed by atoms with E-state index >= 15 is 0 Å². The summed E-state index contributed by atoms with van der Waals surface area (Å²) in [5.74, 6) is 1.51. The number of amides is 1. The molecule has 0 saturated carbocycles. The molecule has 0 N–H and O–H groups in total. The third kappa shape index (κ3) is 3.82. The van der Waals surface area contributed by atoms with Gasteiger partial charge in [-0.25, -0.2) is 0 Å². The van der Waals surface area contributed by atoms with E-state index in [2.05, 4.69) is 9.80 Å². The van der Waals surface area contributed by atoms with E-state index in [1.165, 1.54) is 32.4 Å². The second-order valence-corrected chi connectivity index (χ2v) is 8.31. The molecule has 6 heteroatoms. The molecule has 2 fully saturated rings. The van der Waals surface area contributed by atoms with Crippen LogP contribution in [0.2, 0.25) is 0 Å². The van der Waals surface area contributed by atoms with Gasteiger partial charge in [-0.15, -0.1) is 0 Å². The normalized spacial score (nSPS) is 20.4. The number of hydrogen-bond acceptors (Lipinski definition) is 4. The van der Waals surface area contributed by atoms with Crippen LogP contribution in [0, 0.1) is 0 Å². The summed E-state index contributed by atoms with van der Waals surface area (Å²) in [5, 5.41) is 0.920. The molecule has 0 aliphatic carbocycles. The smallest absolute Gasteiger partial charge is 0.270 e. The maximum absolute atomic E-state index is 13.6. The number of aryl methyl sites for hydroxylation is 1. The summed E-state index contributed by atoms with van der Waals surface area (Å²) < 4.78 is 13.0. The van der Waals surface area contributed by atoms with E-state index in [0.29, 0.717) is 17.5 Å². The maximum Gasteiger partial charge on any atom is 0.270 e. The van der Waals surface area contributed by atoms with Gasteiger partial charge in [-0.2, -0.15) is 0 Å². The highest BCUT2D eigenvalue weighted by Crippen LogP contribution is 2.37. The zero-order valence-electron chi connectivity index (χ0n) is 17.9. The highest BCUT2D eigenvalue weighted by Gasteiger charge is 2.30. The monoisotopic (exact) mass is 399 g/mol. The van der Waals surface area contributed by atoms with Gasteiger partial charge in [0, 0.05) is 31.6 Å². The lowest BCUT2D eigenvalue weighted by Crippen LogP contribution is -2.45. The average molecular weight is 400 g/mol. The average Bonchev–Trinajstić information content (AvgIpc) is 3.39. The summed E-state index contributed by atoms with van der Waals surface area (Å²) in [4.78, 5) is 18.2. The SMILES string of the molecule is COc1ccc2c(cc(C(=O)N3CCCCC3CCN3CCCC3)n2C)c1OC. The van der Waals surface area contributed by atoms with Crippen LogP contribution in [-0.2, 0) is 7.05 Å². The van der Waals surface area contributed by atoms with Gasteiger partial charge < -0.3 is 23.8 Å². The van der Waals surface area contributed by atoms with Crippen LogP contribution in [0.15, 0.2) is 18.2 Å². The molecule has 0 spiro atoms. The van der Waals surface area contributed by atoms with Crippen molar-refractivity contribution >= 4 is 16.8 Å². The van der Waals surface area contributed by atoms with Crippen LogP contribution in [0.3, 0.4) is 0 Å². The fourth-order valence-electron chi connectivity index (χ4n) is 4.99. The number of rotatable bonds is 6. The van der Waals surface area contributed by atoms with E-state index < -0.39 is 0 Å². The molecule has 2 aromatic rings. The molecule has 1 amide bonds. The van der Waals surface area contributed by atoms with Crippen molar-refractivity contribution in [1.82, 2.24) is 14.4 Å². The summed E-state index contributed by atoms with van der Waals surface area (Å²) in [6.07, 6.45) is 7.12. The zero-order chi connectivity index (χ0) is 20.4. The van der Waals surface area contributed by atoms with Crippen molar-refractivity contribution in [2.45, 2.75) is 44.6 Å². The van der Waals surface area contributed by atoms with Gasteiger partial charge in [0.2, 0.25) is 0 Å². The van der Waals surface area contributed by atoms with Crippen LogP contribution >= 0.6 is 0 Å². The molecule has 2 aliphatic rings. The number of carbonyl (C=O) groups excluding carboxylic acids is 1. The minimum Gasteiger partial charge on any atom is -0.493 e. The molecule has 1 aromatic heterocycles. The van der Waals surface area contributed by atoms with Gasteiger partial charge in [-0.3, -0.25) is 4.79 Å². The van der Waals surface area contributed by atoms with Gasteiger partial charge >= 0.3 is 0 Å². The Hall–Kier alpha value is -2.21. The fourth-order valence-corrected chi connectivity index (χ4v) is 4.99. The number of benzene rings is 1. The number of likely N-dealkylation sites (tertiary alicyclic amines) is 2. The molecular weight excluding hydrogens is 366 g/mol. The third-order valence-corrected chi connectivity index (χ3v) is 6.65. The number of nitrogens with zero attached hydrogens (tertiary/aromatic N) is 3. The van der Waals surface area contributed by atoms with Gasteiger partial charge in [0.05, 0.1) is 19.7 Å². The Morgan fingerprint density at radius 2 is 1.83 bits per heavy atom. The van der Waals surface area contributed by atoms with Crippen molar-refractivity contribution in [3.63, 3.8) is 0 Å². The van der Waals surface area contributed by atoms with E-state index in [0.717, 1.165) is 48.9 Å². The van der Waals surface area contributed by atoms with E-state index in [1.807, 2.05) is 29.8 Å². The van der Waals surface area contributed by atoms with Gasteiger partial charge in [0.15, 0.2) is 11.5 Å². The first kappa shape index (κ1) is 20.1. The van der Waals surface area contributed by atoms with E-state index in [1.54, 1.807) is 14.2 Å². The van der Waals surface area contributed by atoms with Gasteiger partial charge in [-0.1, -0.05) is 0 Å². The summed E-state index contributed by atoms with van der Waals surface area (Å²) >= 11 is 0. The molecule has 1 unspecified atom stereocenters. The van der Waals surface area contributed by atoms with Crippen LogP contribution in [0.1, 0.15) is 49.0 Å². The van der Waals surface area contributed by atoms with Crippen molar-refractivity contribution in [1.29, 1.82) is 0 Å². The Balaban J connectivity index is 1.59. The Kier molecular flexibility index (Phi) is 5.99. The molecule has 1 aromatic carbocycles. The van der Waals surface area contributed by atoms with E-state index in [-0.39, 0.29) is 5.91 Å². The predicted octanol–water partition coefficient (Wildman–Crippen LogP) is 3.68. The number of piperidine rings is 1. The number of methoxy groups -OCH3 is 2. The predicted molar refractivity (Wildman–Crippen MR) is 115 cm³/mol. The second-order valence-electron chi connectivity index (χ2n) is 8.31. The number of aromatic nitrogens is 1. The number of carbonyl (C=O) groups is 1. The van der Waals surface area contributed by atoms with Crippen molar-refractivity contribution in [2.75, 3.05) is 40.4 Å². The highest BCUT2D eigenvalue weighted by molar-refractivity contribution is 6.01. The molecule has 158 valence electrons. The topological polar surface area (TPSA) is 46.9 Å². The minimum absolute atomic E-state index is 0.135. The van der Waals surface area contributed by atoms with Crippen LogP contribution < -0.4 is 9.47 Å². The Labute approximate surface area is 173 Å². The maximum atomic E-state index is 13.6. The van der Waals surface area contributed by atoms with Crippen LogP contribution in [0.25, 0.3) is 10.9 Å². The summed E-state index contributed by atoms with van der Waals surface area (Å²) in [5.41, 5.74) is 1.70. The third-order valence-electron chi connectivity index (χ3n) is 6.65. The second kappa shape index (κ2) is 8.66. The lowest BCUT2D eigenvalue weighted by molar-refractivity contribution is 0.0578. The Morgan fingerprint density at radius 1 is 1.07 bits per heavy atom. The molecule has 0 bridgehead atoms. The highest BCUT2D eigenvalue weighted by atomic mass is 16.5. The fraction of sp³-hybridized carbons (Fsp3) is 0.609. The molecule has 1 atom stereocenters. The van der Waals surface area contributed by atoms with Crippen LogP contribution in [0.4, 0.5) is 0 Å². The van der Waals surface area contributed by atoms with Crippen LogP contribution in [-0.4, -0.2) is 66.7 Å². The lowest BCUT2D eigenvalue weighted by Gasteiger charge is -2.36. The van der Waals surface area contributed by atoms with Gasteiger partial charge in [0.25, 0.3) is 5.91 Å². The van der Waals surface area contributed by atoms with Crippen molar-refractivity contribution < 1.29 is 14.3 Å². The first-order valence-electron chi connectivity index (χ1n) is 10.9. The lowest BCUT2D eigenvalue weighted by atomic mass is 9.98. The molecule has 2 aliphatic heterocycles. The van der Waals surface area contributed by atoms with Crippen molar-refractivity contribution in [3.05, 3.63) is 23.9 Å². The quantitative estimate of drug-likeness (QED) is 0.744. The Morgan fingerprint density at radius 3 is 2.55 bits per heavy atom. The summed E-state index contributed by atoms with van der Waals surface area (Å²) in [6, 6.07) is 6.20. The Bertz CT molecular complexity index is 870. The molecule has 0 radical (unpaired) electrons. The standard InChI is InChI=1S/C23H33N3O3/c1-24-19-9-10-21(28-2)22(29-3)18(19)16-20(24)23(27)26-14-5-4-8-17(26)11-15-25-12-6-7-13-25/h9-10,16-17H,4-8,11-15H2,1-3H3. The molecule has 2 saturated heterocycles. The molecule has 3 heterocycles. The largest absolute Gasteiger partial charge is 0.493 e. The van der Waals surface area contributed by atoms with Crippen LogP contribution in [0.5, 0.6) is 11.5 Å². The van der Waals surface area contributed by atoms with E-state index in [4.69, 9.17) is 9.47 Å². The summed E-state index contributed by atoms with van der Waals surface area (Å²) in [7, 11) is 5.24. The molecule has 4 rings (SSSR count). The molecular formula is C23H33N3O3.